The van der Waals surface area contributed by atoms with Gasteiger partial charge in [0.05, 0.1) is 5.00 Å². The molecule has 0 aliphatic rings. The average Bonchev–Trinajstić information content (AvgIpc) is 2.50. The van der Waals surface area contributed by atoms with E-state index in [1.54, 1.807) is 12.1 Å². The first-order chi connectivity index (χ1) is 7.08. The highest BCUT2D eigenvalue weighted by Gasteiger charge is 2.10. The number of hydrogen-bond donors (Lipinski definition) is 1. The molecular weight excluding hydrogens is 233 g/mol. The number of halogens is 2. The molecule has 0 radical (unpaired) electrons. The van der Waals surface area contributed by atoms with Crippen molar-refractivity contribution in [1.82, 2.24) is 0 Å². The zero-order chi connectivity index (χ0) is 11.0. The number of anilines is 1. The number of hydrogen-bond acceptors (Lipinski definition) is 2. The zero-order valence-electron chi connectivity index (χ0n) is 8.05. The van der Waals surface area contributed by atoms with Crippen LogP contribution in [0.15, 0.2) is 24.3 Å². The SMILES string of the molecule is Cc1sc(N)cc1-c1cc(Cl)ccc1F. The maximum atomic E-state index is 13.5. The van der Waals surface area contributed by atoms with Crippen LogP contribution in [0.3, 0.4) is 0 Å². The van der Waals surface area contributed by atoms with E-state index in [0.29, 0.717) is 15.6 Å². The maximum Gasteiger partial charge on any atom is 0.131 e. The van der Waals surface area contributed by atoms with E-state index in [4.69, 9.17) is 17.3 Å². The Bertz CT molecular complexity index is 507. The molecule has 0 saturated heterocycles. The highest BCUT2D eigenvalue weighted by molar-refractivity contribution is 7.16. The summed E-state index contributed by atoms with van der Waals surface area (Å²) in [6.07, 6.45) is 0. The normalized spacial score (nSPS) is 10.6. The third-order valence-corrected chi connectivity index (χ3v) is 3.27. The fourth-order valence-corrected chi connectivity index (χ4v) is 2.46. The summed E-state index contributed by atoms with van der Waals surface area (Å²) in [4.78, 5) is 0.994. The van der Waals surface area contributed by atoms with Crippen molar-refractivity contribution in [1.29, 1.82) is 0 Å². The molecule has 2 N–H and O–H groups in total. The van der Waals surface area contributed by atoms with E-state index in [1.807, 2.05) is 6.92 Å². The minimum Gasteiger partial charge on any atom is -0.391 e. The van der Waals surface area contributed by atoms with Gasteiger partial charge in [-0.05, 0) is 31.2 Å². The first kappa shape index (κ1) is 10.5. The molecule has 0 unspecified atom stereocenters. The summed E-state index contributed by atoms with van der Waals surface area (Å²) in [5.74, 6) is -0.277. The summed E-state index contributed by atoms with van der Waals surface area (Å²) in [6.45, 7) is 1.91. The lowest BCUT2D eigenvalue weighted by Gasteiger charge is -2.02. The van der Waals surface area contributed by atoms with Crippen molar-refractivity contribution >= 4 is 27.9 Å². The molecule has 0 bridgehead atoms. The number of rotatable bonds is 1. The molecule has 1 aromatic carbocycles. The van der Waals surface area contributed by atoms with Crippen molar-refractivity contribution in [3.63, 3.8) is 0 Å². The van der Waals surface area contributed by atoms with Crippen LogP contribution in [0.1, 0.15) is 4.88 Å². The van der Waals surface area contributed by atoms with Crippen LogP contribution in [0.2, 0.25) is 5.02 Å². The fraction of sp³-hybridized carbons (Fsp3) is 0.0909. The molecule has 0 fully saturated rings. The second-order valence-electron chi connectivity index (χ2n) is 3.24. The Labute approximate surface area is 96.3 Å². The summed E-state index contributed by atoms with van der Waals surface area (Å²) in [7, 11) is 0. The van der Waals surface area contributed by atoms with Gasteiger partial charge in [-0.15, -0.1) is 11.3 Å². The second-order valence-corrected chi connectivity index (χ2v) is 4.97. The van der Waals surface area contributed by atoms with Crippen molar-refractivity contribution in [3.05, 3.63) is 40.0 Å². The van der Waals surface area contributed by atoms with Gasteiger partial charge in [0.1, 0.15) is 5.82 Å². The fourth-order valence-electron chi connectivity index (χ4n) is 1.48. The summed E-state index contributed by atoms with van der Waals surface area (Å²) >= 11 is 7.28. The second kappa shape index (κ2) is 3.83. The molecule has 15 heavy (non-hydrogen) atoms. The van der Waals surface area contributed by atoms with E-state index in [9.17, 15) is 4.39 Å². The number of nitrogen functional groups attached to an aromatic ring is 1. The first-order valence-corrected chi connectivity index (χ1v) is 5.58. The van der Waals surface area contributed by atoms with E-state index in [0.717, 1.165) is 10.4 Å². The van der Waals surface area contributed by atoms with Gasteiger partial charge >= 0.3 is 0 Å². The molecule has 1 nitrogen and oxygen atoms in total. The Balaban J connectivity index is 2.62. The van der Waals surface area contributed by atoms with Crippen LogP contribution in [0.5, 0.6) is 0 Å². The van der Waals surface area contributed by atoms with Gasteiger partial charge < -0.3 is 5.73 Å². The molecule has 0 spiro atoms. The summed E-state index contributed by atoms with van der Waals surface area (Å²) in [5.41, 5.74) is 6.99. The lowest BCUT2D eigenvalue weighted by Crippen LogP contribution is -1.84. The Morgan fingerprint density at radius 3 is 2.60 bits per heavy atom. The number of benzene rings is 1. The van der Waals surface area contributed by atoms with Crippen molar-refractivity contribution in [2.24, 2.45) is 0 Å². The van der Waals surface area contributed by atoms with Crippen molar-refractivity contribution in [3.8, 4) is 11.1 Å². The van der Waals surface area contributed by atoms with E-state index in [-0.39, 0.29) is 5.82 Å². The maximum absolute atomic E-state index is 13.5. The van der Waals surface area contributed by atoms with Crippen LogP contribution in [0.25, 0.3) is 11.1 Å². The highest BCUT2D eigenvalue weighted by atomic mass is 35.5. The van der Waals surface area contributed by atoms with Gasteiger partial charge in [-0.25, -0.2) is 4.39 Å². The zero-order valence-corrected chi connectivity index (χ0v) is 9.62. The Morgan fingerprint density at radius 2 is 2.00 bits per heavy atom. The van der Waals surface area contributed by atoms with Gasteiger partial charge in [-0.1, -0.05) is 11.6 Å². The van der Waals surface area contributed by atoms with E-state index in [2.05, 4.69) is 0 Å². The molecule has 2 aromatic rings. The Hall–Kier alpha value is -1.06. The van der Waals surface area contributed by atoms with E-state index >= 15 is 0 Å². The number of nitrogens with two attached hydrogens (primary N) is 1. The van der Waals surface area contributed by atoms with Gasteiger partial charge in [0.15, 0.2) is 0 Å². The van der Waals surface area contributed by atoms with Crippen molar-refractivity contribution in [2.75, 3.05) is 5.73 Å². The molecule has 1 aromatic heterocycles. The standard InChI is InChI=1S/C11H9ClFNS/c1-6-8(5-11(14)15-6)9-4-7(12)2-3-10(9)13/h2-5H,14H2,1H3. The minimum absolute atomic E-state index is 0.277. The van der Waals surface area contributed by atoms with Crippen LogP contribution in [-0.4, -0.2) is 0 Å². The van der Waals surface area contributed by atoms with Crippen LogP contribution in [0, 0.1) is 12.7 Å². The first-order valence-electron chi connectivity index (χ1n) is 4.39. The highest BCUT2D eigenvalue weighted by Crippen LogP contribution is 2.34. The van der Waals surface area contributed by atoms with Crippen LogP contribution < -0.4 is 5.73 Å². The monoisotopic (exact) mass is 241 g/mol. The summed E-state index contributed by atoms with van der Waals surface area (Å²) in [6, 6.07) is 6.29. The minimum atomic E-state index is -0.277. The quantitative estimate of drug-likeness (QED) is 0.799. The molecule has 78 valence electrons. The molecule has 1 heterocycles. The van der Waals surface area contributed by atoms with Crippen LogP contribution in [-0.2, 0) is 0 Å². The Morgan fingerprint density at radius 1 is 1.27 bits per heavy atom. The third-order valence-electron chi connectivity index (χ3n) is 2.16. The predicted molar refractivity (Wildman–Crippen MR) is 63.9 cm³/mol. The summed E-state index contributed by atoms with van der Waals surface area (Å²) < 4.78 is 13.5. The van der Waals surface area contributed by atoms with Gasteiger partial charge in [-0.3, -0.25) is 0 Å². The molecule has 0 amide bonds. The van der Waals surface area contributed by atoms with Crippen LogP contribution in [0.4, 0.5) is 9.39 Å². The Kier molecular flexibility index (Phi) is 2.67. The predicted octanol–water partition coefficient (Wildman–Crippen LogP) is 4.10. The lowest BCUT2D eigenvalue weighted by atomic mass is 10.1. The summed E-state index contributed by atoms with van der Waals surface area (Å²) in [5, 5.41) is 1.21. The molecule has 0 aliphatic carbocycles. The molecule has 0 atom stereocenters. The van der Waals surface area contributed by atoms with Crippen molar-refractivity contribution in [2.45, 2.75) is 6.92 Å². The average molecular weight is 242 g/mol. The number of thiophene rings is 1. The van der Waals surface area contributed by atoms with Crippen LogP contribution >= 0.6 is 22.9 Å². The largest absolute Gasteiger partial charge is 0.391 e. The van der Waals surface area contributed by atoms with Crippen molar-refractivity contribution < 1.29 is 4.39 Å². The molecular formula is C11H9ClFNS. The van der Waals surface area contributed by atoms with Gasteiger partial charge in [0.2, 0.25) is 0 Å². The third kappa shape index (κ3) is 1.98. The van der Waals surface area contributed by atoms with Gasteiger partial charge in [0.25, 0.3) is 0 Å². The smallest absolute Gasteiger partial charge is 0.131 e. The lowest BCUT2D eigenvalue weighted by molar-refractivity contribution is 0.631. The topological polar surface area (TPSA) is 26.0 Å². The number of aryl methyl sites for hydroxylation is 1. The van der Waals surface area contributed by atoms with Gasteiger partial charge in [-0.2, -0.15) is 0 Å². The van der Waals surface area contributed by atoms with E-state index < -0.39 is 0 Å². The van der Waals surface area contributed by atoms with Gasteiger partial charge in [0, 0.05) is 21.0 Å². The van der Waals surface area contributed by atoms with E-state index in [1.165, 1.54) is 23.5 Å². The molecule has 4 heteroatoms. The molecule has 2 rings (SSSR count). The molecule has 0 saturated carbocycles. The molecule has 0 aliphatic heterocycles.